The monoisotopic (exact) mass is 545 g/mol. The van der Waals surface area contributed by atoms with E-state index in [1.165, 1.54) is 0 Å². The Kier molecular flexibility index (Phi) is 7.55. The predicted octanol–water partition coefficient (Wildman–Crippen LogP) is 5.14. The smallest absolute Gasteiger partial charge is 0.341 e. The number of carbonyl (C=O) groups is 2. The summed E-state index contributed by atoms with van der Waals surface area (Å²) in [5.41, 5.74) is 5.01. The lowest BCUT2D eigenvalue weighted by Gasteiger charge is -2.37. The standard InChI is InChI=1S/C31H31NO8/c1-36-21-14-23-31(27(15-21)39-4)29(17-5-8-20(9-6-17)40-16-28(34)35)30-22(32-23)11-19(12-24(30)33)18-7-10-25(37-2)26(13-18)38-3/h5-10,13-15,19,29,32H,11-12,16H2,1-4H3,(H,34,35)/t19-,29-/m1/s1. The lowest BCUT2D eigenvalue weighted by Crippen LogP contribution is -2.30. The van der Waals surface area contributed by atoms with Gasteiger partial charge < -0.3 is 34.1 Å². The third kappa shape index (κ3) is 5.02. The summed E-state index contributed by atoms with van der Waals surface area (Å²) in [4.78, 5) is 24.9. The molecule has 208 valence electrons. The summed E-state index contributed by atoms with van der Waals surface area (Å²) in [6.45, 7) is -0.436. The van der Waals surface area contributed by atoms with Crippen molar-refractivity contribution in [2.45, 2.75) is 24.7 Å². The van der Waals surface area contributed by atoms with Crippen LogP contribution in [-0.4, -0.2) is 51.9 Å². The summed E-state index contributed by atoms with van der Waals surface area (Å²) < 4.78 is 27.5. The number of allylic oxidation sites excluding steroid dienone is 2. The van der Waals surface area contributed by atoms with Crippen molar-refractivity contribution < 1.29 is 38.4 Å². The van der Waals surface area contributed by atoms with Crippen molar-refractivity contribution >= 4 is 17.4 Å². The lowest BCUT2D eigenvalue weighted by molar-refractivity contribution is -0.139. The van der Waals surface area contributed by atoms with Crippen molar-refractivity contribution in [2.24, 2.45) is 0 Å². The van der Waals surface area contributed by atoms with Crippen molar-refractivity contribution in [3.05, 3.63) is 82.6 Å². The average molecular weight is 546 g/mol. The van der Waals surface area contributed by atoms with E-state index in [1.54, 1.807) is 40.6 Å². The number of hydrogen-bond donors (Lipinski definition) is 2. The molecule has 2 N–H and O–H groups in total. The van der Waals surface area contributed by atoms with Gasteiger partial charge in [-0.1, -0.05) is 18.2 Å². The molecule has 0 fully saturated rings. The number of fused-ring (bicyclic) bond motifs is 1. The Hall–Kier alpha value is -4.66. The Morgan fingerprint density at radius 2 is 1.52 bits per heavy atom. The van der Waals surface area contributed by atoms with Crippen LogP contribution in [0.15, 0.2) is 65.9 Å². The highest BCUT2D eigenvalue weighted by molar-refractivity contribution is 6.02. The SMILES string of the molecule is COc1cc2c(c(OC)c1)[C@H](c1ccc(OCC(=O)O)cc1)C1=C(C[C@@H](c3ccc(OC)c(OC)c3)CC1=O)N2. The number of anilines is 1. The van der Waals surface area contributed by atoms with Crippen LogP contribution in [-0.2, 0) is 9.59 Å². The van der Waals surface area contributed by atoms with Gasteiger partial charge in [-0.3, -0.25) is 4.79 Å². The third-order valence-electron chi connectivity index (χ3n) is 7.40. The van der Waals surface area contributed by atoms with E-state index in [1.807, 2.05) is 42.5 Å². The minimum Gasteiger partial charge on any atom is -0.497 e. The van der Waals surface area contributed by atoms with Gasteiger partial charge >= 0.3 is 5.97 Å². The van der Waals surface area contributed by atoms with Crippen LogP contribution in [0.2, 0.25) is 0 Å². The number of ether oxygens (including phenoxy) is 5. The lowest BCUT2D eigenvalue weighted by atomic mass is 9.71. The first-order valence-electron chi connectivity index (χ1n) is 12.8. The fourth-order valence-corrected chi connectivity index (χ4v) is 5.56. The summed E-state index contributed by atoms with van der Waals surface area (Å²) in [6.07, 6.45) is 0.950. The molecule has 0 bridgehead atoms. The Balaban J connectivity index is 1.59. The minimum atomic E-state index is -1.05. The molecular weight excluding hydrogens is 514 g/mol. The van der Waals surface area contributed by atoms with Crippen molar-refractivity contribution in [3.63, 3.8) is 0 Å². The van der Waals surface area contributed by atoms with Crippen molar-refractivity contribution in [1.29, 1.82) is 0 Å². The van der Waals surface area contributed by atoms with Crippen molar-refractivity contribution in [1.82, 2.24) is 0 Å². The zero-order chi connectivity index (χ0) is 28.4. The molecule has 0 saturated heterocycles. The molecule has 0 spiro atoms. The molecule has 2 aliphatic rings. The van der Waals surface area contributed by atoms with Gasteiger partial charge in [-0.2, -0.15) is 0 Å². The van der Waals surface area contributed by atoms with Crippen LogP contribution >= 0.6 is 0 Å². The molecule has 2 atom stereocenters. The molecule has 0 amide bonds. The van der Waals surface area contributed by atoms with Crippen LogP contribution in [0.5, 0.6) is 28.7 Å². The van der Waals surface area contributed by atoms with Crippen LogP contribution in [0, 0.1) is 0 Å². The van der Waals surface area contributed by atoms with E-state index in [2.05, 4.69) is 5.32 Å². The van der Waals surface area contributed by atoms with Gasteiger partial charge in [0.15, 0.2) is 23.9 Å². The Bertz CT molecular complexity index is 1480. The molecule has 3 aromatic rings. The second-order valence-corrected chi connectivity index (χ2v) is 9.64. The van der Waals surface area contributed by atoms with Crippen molar-refractivity contribution in [3.8, 4) is 28.7 Å². The highest BCUT2D eigenvalue weighted by atomic mass is 16.5. The number of carbonyl (C=O) groups excluding carboxylic acids is 1. The summed E-state index contributed by atoms with van der Waals surface area (Å²) in [7, 11) is 6.38. The molecule has 0 aromatic heterocycles. The summed E-state index contributed by atoms with van der Waals surface area (Å²) in [6, 6.07) is 16.6. The number of benzene rings is 3. The zero-order valence-electron chi connectivity index (χ0n) is 22.8. The number of rotatable bonds is 9. The van der Waals surface area contributed by atoms with Gasteiger partial charge in [0.25, 0.3) is 0 Å². The van der Waals surface area contributed by atoms with Gasteiger partial charge in [0.1, 0.15) is 17.2 Å². The van der Waals surface area contributed by atoms with Crippen LogP contribution in [0.3, 0.4) is 0 Å². The van der Waals surface area contributed by atoms with Gasteiger partial charge in [0.05, 0.1) is 28.4 Å². The second kappa shape index (κ2) is 11.2. The fraction of sp³-hybridized carbons (Fsp3) is 0.290. The number of methoxy groups -OCH3 is 4. The zero-order valence-corrected chi connectivity index (χ0v) is 22.8. The molecular formula is C31H31NO8. The average Bonchev–Trinajstić information content (AvgIpc) is 2.98. The molecule has 40 heavy (non-hydrogen) atoms. The molecule has 1 aliphatic carbocycles. The molecule has 5 rings (SSSR count). The van der Waals surface area contributed by atoms with E-state index < -0.39 is 18.5 Å². The Morgan fingerprint density at radius 1 is 0.825 bits per heavy atom. The number of aliphatic carboxylic acids is 1. The first-order valence-corrected chi connectivity index (χ1v) is 12.8. The maximum Gasteiger partial charge on any atom is 0.341 e. The van der Waals surface area contributed by atoms with Crippen LogP contribution < -0.4 is 29.0 Å². The van der Waals surface area contributed by atoms with Crippen LogP contribution in [0.1, 0.15) is 41.4 Å². The number of Topliss-reactive ketones (excluding diaryl/α,β-unsaturated/α-hetero) is 1. The summed E-state index contributed by atoms with van der Waals surface area (Å²) in [5.74, 6) is 1.43. The number of carboxylic acid groups (broad SMARTS) is 1. The second-order valence-electron chi connectivity index (χ2n) is 9.64. The summed E-state index contributed by atoms with van der Waals surface area (Å²) >= 11 is 0. The Morgan fingerprint density at radius 3 is 2.17 bits per heavy atom. The summed E-state index contributed by atoms with van der Waals surface area (Å²) in [5, 5.41) is 12.5. The van der Waals surface area contributed by atoms with Gasteiger partial charge in [-0.25, -0.2) is 4.79 Å². The number of hydrogen-bond acceptors (Lipinski definition) is 8. The van der Waals surface area contributed by atoms with E-state index in [9.17, 15) is 9.59 Å². The highest BCUT2D eigenvalue weighted by Gasteiger charge is 2.40. The topological polar surface area (TPSA) is 113 Å². The van der Waals surface area contributed by atoms with E-state index in [0.29, 0.717) is 47.2 Å². The number of ketones is 1. The highest BCUT2D eigenvalue weighted by Crippen LogP contribution is 2.52. The molecule has 9 nitrogen and oxygen atoms in total. The molecule has 0 radical (unpaired) electrons. The van der Waals surface area contributed by atoms with Crippen LogP contribution in [0.4, 0.5) is 5.69 Å². The predicted molar refractivity (Wildman–Crippen MR) is 148 cm³/mol. The minimum absolute atomic E-state index is 0.0354. The quantitative estimate of drug-likeness (QED) is 0.377. The van der Waals surface area contributed by atoms with E-state index in [0.717, 1.165) is 28.1 Å². The number of carboxylic acids is 1. The molecule has 9 heteroatoms. The van der Waals surface area contributed by atoms with Gasteiger partial charge in [0.2, 0.25) is 0 Å². The van der Waals surface area contributed by atoms with Gasteiger partial charge in [0, 0.05) is 47.0 Å². The number of nitrogens with one attached hydrogen (secondary N) is 1. The largest absolute Gasteiger partial charge is 0.497 e. The van der Waals surface area contributed by atoms with Gasteiger partial charge in [-0.15, -0.1) is 0 Å². The normalized spacial score (nSPS) is 17.8. The van der Waals surface area contributed by atoms with Crippen molar-refractivity contribution in [2.75, 3.05) is 40.4 Å². The fourth-order valence-electron chi connectivity index (χ4n) is 5.56. The van der Waals surface area contributed by atoms with E-state index in [4.69, 9.17) is 28.8 Å². The first kappa shape index (κ1) is 26.9. The molecule has 1 aliphatic heterocycles. The molecule has 3 aromatic carbocycles. The maximum atomic E-state index is 13.9. The van der Waals surface area contributed by atoms with Gasteiger partial charge in [-0.05, 0) is 47.7 Å². The molecule has 0 unspecified atom stereocenters. The first-order chi connectivity index (χ1) is 19.4. The Labute approximate surface area is 232 Å². The maximum absolute atomic E-state index is 13.9. The molecule has 0 saturated carbocycles. The molecule has 1 heterocycles. The van der Waals surface area contributed by atoms with E-state index >= 15 is 0 Å². The van der Waals surface area contributed by atoms with Crippen LogP contribution in [0.25, 0.3) is 0 Å². The van der Waals surface area contributed by atoms with E-state index in [-0.39, 0.29) is 11.7 Å². The third-order valence-corrected chi connectivity index (χ3v) is 7.40.